The number of ether oxygens (including phenoxy) is 1. The Morgan fingerprint density at radius 2 is 2.04 bits per heavy atom. The number of anilines is 1. The SMILES string of the molecule is CCOC(=O)c1ccc(NC(=O)N2CCc3c(nc4cc[nH]n4c3=O)C2)cc1. The predicted molar refractivity (Wildman–Crippen MR) is 101 cm³/mol. The average Bonchev–Trinajstić information content (AvgIpc) is 3.17. The molecule has 1 aromatic carbocycles. The number of nitrogens with one attached hydrogen (secondary N) is 2. The van der Waals surface area contributed by atoms with E-state index in [1.54, 1.807) is 48.4 Å². The first-order valence-electron chi connectivity index (χ1n) is 8.98. The van der Waals surface area contributed by atoms with Gasteiger partial charge in [0.15, 0.2) is 5.65 Å². The molecule has 1 aliphatic rings. The molecule has 0 spiro atoms. The molecule has 9 nitrogen and oxygen atoms in total. The third kappa shape index (κ3) is 3.22. The van der Waals surface area contributed by atoms with Gasteiger partial charge in [0, 0.05) is 30.1 Å². The van der Waals surface area contributed by atoms with E-state index < -0.39 is 5.97 Å². The number of fused-ring (bicyclic) bond motifs is 2. The van der Waals surface area contributed by atoms with Crippen molar-refractivity contribution in [3.8, 4) is 0 Å². The van der Waals surface area contributed by atoms with Crippen LogP contribution in [0.5, 0.6) is 0 Å². The summed E-state index contributed by atoms with van der Waals surface area (Å²) in [4.78, 5) is 42.9. The van der Waals surface area contributed by atoms with Gasteiger partial charge in [-0.15, -0.1) is 0 Å². The summed E-state index contributed by atoms with van der Waals surface area (Å²) in [5.74, 6) is -0.401. The average molecular weight is 381 g/mol. The minimum atomic E-state index is -0.401. The number of carbonyl (C=O) groups excluding carboxylic acids is 2. The maximum absolute atomic E-state index is 12.6. The van der Waals surface area contributed by atoms with Crippen molar-refractivity contribution in [2.45, 2.75) is 19.9 Å². The second-order valence-corrected chi connectivity index (χ2v) is 6.40. The largest absolute Gasteiger partial charge is 0.462 e. The highest BCUT2D eigenvalue weighted by Crippen LogP contribution is 2.17. The predicted octanol–water partition coefficient (Wildman–Crippen LogP) is 1.79. The lowest BCUT2D eigenvalue weighted by Crippen LogP contribution is -2.41. The number of carbonyl (C=O) groups is 2. The van der Waals surface area contributed by atoms with Crippen molar-refractivity contribution in [1.82, 2.24) is 19.5 Å². The Bertz CT molecular complexity index is 1100. The monoisotopic (exact) mass is 381 g/mol. The van der Waals surface area contributed by atoms with E-state index >= 15 is 0 Å². The fourth-order valence-corrected chi connectivity index (χ4v) is 3.21. The van der Waals surface area contributed by atoms with Gasteiger partial charge in [-0.05, 0) is 37.6 Å². The zero-order chi connectivity index (χ0) is 19.7. The summed E-state index contributed by atoms with van der Waals surface area (Å²) in [6.07, 6.45) is 2.10. The van der Waals surface area contributed by atoms with E-state index in [-0.39, 0.29) is 18.1 Å². The number of hydrogen-bond donors (Lipinski definition) is 2. The van der Waals surface area contributed by atoms with E-state index in [4.69, 9.17) is 4.74 Å². The minimum absolute atomic E-state index is 0.125. The fourth-order valence-electron chi connectivity index (χ4n) is 3.21. The molecular weight excluding hydrogens is 362 g/mol. The summed E-state index contributed by atoms with van der Waals surface area (Å²) in [7, 11) is 0. The molecule has 9 heteroatoms. The summed E-state index contributed by atoms with van der Waals surface area (Å²) in [5.41, 5.74) is 2.64. The van der Waals surface area contributed by atoms with Gasteiger partial charge in [-0.1, -0.05) is 0 Å². The molecule has 0 radical (unpaired) electrons. The summed E-state index contributed by atoms with van der Waals surface area (Å²) < 4.78 is 6.34. The van der Waals surface area contributed by atoms with Crippen molar-refractivity contribution in [3.63, 3.8) is 0 Å². The van der Waals surface area contributed by atoms with Gasteiger partial charge in [-0.25, -0.2) is 19.1 Å². The number of urea groups is 1. The molecule has 0 saturated heterocycles. The quantitative estimate of drug-likeness (QED) is 0.673. The van der Waals surface area contributed by atoms with Gasteiger partial charge in [-0.3, -0.25) is 9.89 Å². The zero-order valence-electron chi connectivity index (χ0n) is 15.3. The molecule has 0 bridgehead atoms. The normalized spacial score (nSPS) is 13.2. The number of nitrogens with zero attached hydrogens (tertiary/aromatic N) is 3. The van der Waals surface area contributed by atoms with Crippen LogP contribution in [-0.2, 0) is 17.7 Å². The Morgan fingerprint density at radius 3 is 2.79 bits per heavy atom. The molecule has 2 aromatic heterocycles. The molecule has 144 valence electrons. The van der Waals surface area contributed by atoms with Gasteiger partial charge >= 0.3 is 12.0 Å². The standard InChI is InChI=1S/C19H19N5O4/c1-2-28-18(26)12-3-5-13(6-4-12)21-19(27)23-10-8-14-15(11-23)22-16-7-9-20-24(16)17(14)25/h3-7,9,20H,2,8,10-11H2,1H3,(H,21,27). The van der Waals surface area contributed by atoms with E-state index in [1.807, 2.05) is 0 Å². The van der Waals surface area contributed by atoms with E-state index in [0.29, 0.717) is 47.7 Å². The molecule has 0 unspecified atom stereocenters. The van der Waals surface area contributed by atoms with Crippen LogP contribution in [0.1, 0.15) is 28.5 Å². The molecule has 4 rings (SSSR count). The molecule has 0 aliphatic carbocycles. The molecule has 2 N–H and O–H groups in total. The zero-order valence-corrected chi connectivity index (χ0v) is 15.3. The lowest BCUT2D eigenvalue weighted by molar-refractivity contribution is 0.0526. The van der Waals surface area contributed by atoms with E-state index in [1.165, 1.54) is 4.52 Å². The highest BCUT2D eigenvalue weighted by Gasteiger charge is 2.25. The number of aromatic nitrogens is 3. The summed E-state index contributed by atoms with van der Waals surface area (Å²) >= 11 is 0. The van der Waals surface area contributed by atoms with E-state index in [2.05, 4.69) is 15.4 Å². The van der Waals surface area contributed by atoms with E-state index in [0.717, 1.165) is 0 Å². The van der Waals surface area contributed by atoms with Crippen LogP contribution in [0.2, 0.25) is 0 Å². The molecule has 0 fully saturated rings. The lowest BCUT2D eigenvalue weighted by atomic mass is 10.1. The van der Waals surface area contributed by atoms with Crippen molar-refractivity contribution in [3.05, 3.63) is 63.7 Å². The van der Waals surface area contributed by atoms with Crippen LogP contribution in [0.25, 0.3) is 5.65 Å². The molecule has 28 heavy (non-hydrogen) atoms. The third-order valence-corrected chi connectivity index (χ3v) is 4.63. The van der Waals surface area contributed by atoms with E-state index in [9.17, 15) is 14.4 Å². The second-order valence-electron chi connectivity index (χ2n) is 6.40. The van der Waals surface area contributed by atoms with Gasteiger partial charge in [0.05, 0.1) is 24.4 Å². The molecular formula is C19H19N5O4. The molecule has 0 saturated carbocycles. The van der Waals surface area contributed by atoms with Gasteiger partial charge in [0.25, 0.3) is 5.56 Å². The Morgan fingerprint density at radius 1 is 1.25 bits per heavy atom. The van der Waals surface area contributed by atoms with Crippen LogP contribution >= 0.6 is 0 Å². The number of benzene rings is 1. The Kier molecular flexibility index (Phi) is 4.56. The van der Waals surface area contributed by atoms with Crippen molar-refractivity contribution >= 4 is 23.3 Å². The summed E-state index contributed by atoms with van der Waals surface area (Å²) in [6, 6.07) is 7.93. The lowest BCUT2D eigenvalue weighted by Gasteiger charge is -2.27. The molecule has 1 aliphatic heterocycles. The van der Waals surface area contributed by atoms with Gasteiger partial charge in [-0.2, -0.15) is 0 Å². The number of esters is 1. The number of amides is 2. The first-order chi connectivity index (χ1) is 13.6. The number of H-pyrrole nitrogens is 1. The molecule has 0 atom stereocenters. The highest BCUT2D eigenvalue weighted by molar-refractivity contribution is 5.92. The van der Waals surface area contributed by atoms with Crippen LogP contribution in [-0.4, -0.2) is 44.7 Å². The second kappa shape index (κ2) is 7.18. The first kappa shape index (κ1) is 17.8. The van der Waals surface area contributed by atoms with Crippen LogP contribution in [0.15, 0.2) is 41.3 Å². The van der Waals surface area contributed by atoms with Crippen LogP contribution in [0.4, 0.5) is 10.5 Å². The third-order valence-electron chi connectivity index (χ3n) is 4.63. The molecule has 3 heterocycles. The fraction of sp³-hybridized carbons (Fsp3) is 0.263. The topological polar surface area (TPSA) is 109 Å². The number of hydrogen-bond acceptors (Lipinski definition) is 5. The number of aromatic amines is 1. The maximum Gasteiger partial charge on any atom is 0.338 e. The summed E-state index contributed by atoms with van der Waals surface area (Å²) in [5, 5.41) is 5.65. The summed E-state index contributed by atoms with van der Waals surface area (Å²) in [6.45, 7) is 2.73. The van der Waals surface area contributed by atoms with Gasteiger partial charge in [0.1, 0.15) is 0 Å². The van der Waals surface area contributed by atoms with Crippen molar-refractivity contribution < 1.29 is 14.3 Å². The van der Waals surface area contributed by atoms with Crippen molar-refractivity contribution in [2.75, 3.05) is 18.5 Å². The molecule has 2 amide bonds. The maximum atomic E-state index is 12.6. The van der Waals surface area contributed by atoms with Crippen molar-refractivity contribution in [2.24, 2.45) is 0 Å². The smallest absolute Gasteiger partial charge is 0.338 e. The first-order valence-corrected chi connectivity index (χ1v) is 8.98. The highest BCUT2D eigenvalue weighted by atomic mass is 16.5. The Labute approximate surface area is 159 Å². The van der Waals surface area contributed by atoms with Gasteiger partial charge in [0.2, 0.25) is 0 Å². The van der Waals surface area contributed by atoms with Crippen LogP contribution in [0, 0.1) is 0 Å². The number of rotatable bonds is 3. The molecule has 3 aromatic rings. The van der Waals surface area contributed by atoms with Gasteiger partial charge < -0.3 is 15.0 Å². The van der Waals surface area contributed by atoms with Crippen LogP contribution in [0.3, 0.4) is 0 Å². The Hall–Kier alpha value is -3.62. The van der Waals surface area contributed by atoms with Crippen molar-refractivity contribution in [1.29, 1.82) is 0 Å². The Balaban J connectivity index is 1.47. The van der Waals surface area contributed by atoms with Crippen LogP contribution < -0.4 is 10.9 Å². The minimum Gasteiger partial charge on any atom is -0.462 e.